The van der Waals surface area contributed by atoms with Gasteiger partial charge in [-0.15, -0.1) is 10.2 Å². The first kappa shape index (κ1) is 14.3. The summed E-state index contributed by atoms with van der Waals surface area (Å²) in [5.74, 6) is 0.621. The van der Waals surface area contributed by atoms with Gasteiger partial charge in [0, 0.05) is 11.8 Å². The third kappa shape index (κ3) is 2.57. The van der Waals surface area contributed by atoms with E-state index in [1.165, 1.54) is 0 Å². The van der Waals surface area contributed by atoms with E-state index in [4.69, 9.17) is 0 Å². The SMILES string of the molecule is Cc1ccc(C)c(C(=O)N[C@H](C)c2nnc3ccccn23)c1. The number of rotatable bonds is 3. The maximum absolute atomic E-state index is 12.5. The zero-order chi connectivity index (χ0) is 15.7. The van der Waals surface area contributed by atoms with E-state index in [9.17, 15) is 4.79 Å². The number of hydrogen-bond acceptors (Lipinski definition) is 3. The second-order valence-electron chi connectivity index (χ2n) is 5.50. The molecule has 0 unspecified atom stereocenters. The van der Waals surface area contributed by atoms with Gasteiger partial charge in [-0.2, -0.15) is 0 Å². The van der Waals surface area contributed by atoms with E-state index < -0.39 is 0 Å². The van der Waals surface area contributed by atoms with Crippen LogP contribution in [0, 0.1) is 13.8 Å². The fraction of sp³-hybridized carbons (Fsp3) is 0.235. The molecule has 3 rings (SSSR count). The van der Waals surface area contributed by atoms with Crippen LogP contribution in [-0.2, 0) is 0 Å². The zero-order valence-electron chi connectivity index (χ0n) is 12.9. The van der Waals surface area contributed by atoms with E-state index in [1.54, 1.807) is 0 Å². The van der Waals surface area contributed by atoms with Crippen molar-refractivity contribution in [3.8, 4) is 0 Å². The summed E-state index contributed by atoms with van der Waals surface area (Å²) in [6.45, 7) is 5.82. The van der Waals surface area contributed by atoms with Crippen LogP contribution in [-0.4, -0.2) is 20.5 Å². The van der Waals surface area contributed by atoms with Crippen LogP contribution in [0.3, 0.4) is 0 Å². The molecule has 2 heterocycles. The van der Waals surface area contributed by atoms with E-state index in [2.05, 4.69) is 15.5 Å². The molecule has 0 spiro atoms. The van der Waals surface area contributed by atoms with Crippen LogP contribution in [0.5, 0.6) is 0 Å². The predicted molar refractivity (Wildman–Crippen MR) is 84.8 cm³/mol. The number of aryl methyl sites for hydroxylation is 2. The lowest BCUT2D eigenvalue weighted by atomic mass is 10.0. The van der Waals surface area contributed by atoms with Crippen molar-refractivity contribution in [2.75, 3.05) is 0 Å². The van der Waals surface area contributed by atoms with Gasteiger partial charge in [0.15, 0.2) is 11.5 Å². The molecular weight excluding hydrogens is 276 g/mol. The minimum Gasteiger partial charge on any atom is -0.342 e. The monoisotopic (exact) mass is 294 g/mol. The Kier molecular flexibility index (Phi) is 3.63. The molecule has 1 atom stereocenters. The highest BCUT2D eigenvalue weighted by Crippen LogP contribution is 2.15. The number of nitrogens with one attached hydrogen (secondary N) is 1. The van der Waals surface area contributed by atoms with Crippen LogP contribution in [0.15, 0.2) is 42.6 Å². The van der Waals surface area contributed by atoms with E-state index in [0.29, 0.717) is 11.4 Å². The summed E-state index contributed by atoms with van der Waals surface area (Å²) in [5.41, 5.74) is 3.49. The Balaban J connectivity index is 1.86. The summed E-state index contributed by atoms with van der Waals surface area (Å²) in [6.07, 6.45) is 1.89. The molecule has 2 aromatic heterocycles. The number of pyridine rings is 1. The van der Waals surface area contributed by atoms with E-state index in [-0.39, 0.29) is 11.9 Å². The fourth-order valence-corrected chi connectivity index (χ4v) is 2.47. The summed E-state index contributed by atoms with van der Waals surface area (Å²) in [5, 5.41) is 11.3. The third-order valence-electron chi connectivity index (χ3n) is 3.71. The summed E-state index contributed by atoms with van der Waals surface area (Å²) < 4.78 is 1.88. The number of nitrogens with zero attached hydrogens (tertiary/aromatic N) is 3. The maximum Gasteiger partial charge on any atom is 0.252 e. The van der Waals surface area contributed by atoms with Gasteiger partial charge in [-0.3, -0.25) is 9.20 Å². The molecule has 0 aliphatic rings. The maximum atomic E-state index is 12.5. The standard InChI is InChI=1S/C17H18N4O/c1-11-7-8-12(2)14(10-11)17(22)18-13(3)16-20-19-15-6-4-5-9-21(15)16/h4-10,13H,1-3H3,(H,18,22)/t13-/m1/s1. The van der Waals surface area contributed by atoms with Crippen molar-refractivity contribution in [1.82, 2.24) is 19.9 Å². The van der Waals surface area contributed by atoms with Crippen molar-refractivity contribution < 1.29 is 4.79 Å². The molecule has 0 saturated carbocycles. The Morgan fingerprint density at radius 1 is 1.18 bits per heavy atom. The smallest absolute Gasteiger partial charge is 0.252 e. The fourth-order valence-electron chi connectivity index (χ4n) is 2.47. The van der Waals surface area contributed by atoms with Crippen LogP contribution >= 0.6 is 0 Å². The summed E-state index contributed by atoms with van der Waals surface area (Å²) >= 11 is 0. The number of amides is 1. The molecule has 0 fully saturated rings. The van der Waals surface area contributed by atoms with Crippen molar-refractivity contribution in [3.63, 3.8) is 0 Å². The topological polar surface area (TPSA) is 59.3 Å². The van der Waals surface area contributed by atoms with Gasteiger partial charge >= 0.3 is 0 Å². The van der Waals surface area contributed by atoms with Crippen molar-refractivity contribution in [1.29, 1.82) is 0 Å². The van der Waals surface area contributed by atoms with Gasteiger partial charge in [0.2, 0.25) is 0 Å². The van der Waals surface area contributed by atoms with E-state index in [0.717, 1.165) is 16.8 Å². The first-order valence-corrected chi connectivity index (χ1v) is 7.24. The highest BCUT2D eigenvalue weighted by atomic mass is 16.1. The zero-order valence-corrected chi connectivity index (χ0v) is 12.9. The Hall–Kier alpha value is -2.69. The van der Waals surface area contributed by atoms with Gasteiger partial charge in [-0.25, -0.2) is 0 Å². The van der Waals surface area contributed by atoms with Gasteiger partial charge in [-0.05, 0) is 44.5 Å². The lowest BCUT2D eigenvalue weighted by Crippen LogP contribution is -2.28. The lowest BCUT2D eigenvalue weighted by Gasteiger charge is -2.14. The molecule has 1 N–H and O–H groups in total. The summed E-state index contributed by atoms with van der Waals surface area (Å²) in [6, 6.07) is 11.3. The largest absolute Gasteiger partial charge is 0.342 e. The van der Waals surface area contributed by atoms with Crippen LogP contribution in [0.4, 0.5) is 0 Å². The molecule has 1 amide bonds. The third-order valence-corrected chi connectivity index (χ3v) is 3.71. The molecule has 112 valence electrons. The van der Waals surface area contributed by atoms with Crippen LogP contribution in [0.2, 0.25) is 0 Å². The van der Waals surface area contributed by atoms with Crippen molar-refractivity contribution in [2.24, 2.45) is 0 Å². The van der Waals surface area contributed by atoms with Gasteiger partial charge < -0.3 is 5.32 Å². The number of aromatic nitrogens is 3. The molecule has 5 heteroatoms. The van der Waals surface area contributed by atoms with Crippen molar-refractivity contribution in [3.05, 3.63) is 65.1 Å². The number of fused-ring (bicyclic) bond motifs is 1. The number of benzene rings is 1. The van der Waals surface area contributed by atoms with E-state index >= 15 is 0 Å². The van der Waals surface area contributed by atoms with E-state index in [1.807, 2.05) is 67.8 Å². The molecule has 0 radical (unpaired) electrons. The minimum absolute atomic E-state index is 0.0959. The minimum atomic E-state index is -0.232. The van der Waals surface area contributed by atoms with Gasteiger partial charge in [-0.1, -0.05) is 23.8 Å². The van der Waals surface area contributed by atoms with Crippen LogP contribution in [0.1, 0.15) is 40.3 Å². The first-order chi connectivity index (χ1) is 10.6. The average molecular weight is 294 g/mol. The Morgan fingerprint density at radius 3 is 2.82 bits per heavy atom. The molecule has 0 bridgehead atoms. The van der Waals surface area contributed by atoms with Gasteiger partial charge in [0.05, 0.1) is 6.04 Å². The molecule has 5 nitrogen and oxygen atoms in total. The molecule has 22 heavy (non-hydrogen) atoms. The Bertz CT molecular complexity index is 838. The van der Waals surface area contributed by atoms with Crippen molar-refractivity contribution in [2.45, 2.75) is 26.8 Å². The quantitative estimate of drug-likeness (QED) is 0.808. The molecule has 1 aromatic carbocycles. The number of carbonyl (C=O) groups is 1. The Labute approximate surface area is 129 Å². The average Bonchev–Trinajstić information content (AvgIpc) is 2.93. The van der Waals surface area contributed by atoms with Gasteiger partial charge in [0.25, 0.3) is 5.91 Å². The van der Waals surface area contributed by atoms with Crippen LogP contribution in [0.25, 0.3) is 5.65 Å². The molecule has 3 aromatic rings. The molecule has 0 aliphatic carbocycles. The summed E-state index contributed by atoms with van der Waals surface area (Å²) in [4.78, 5) is 12.5. The first-order valence-electron chi connectivity index (χ1n) is 7.24. The number of hydrogen-bond donors (Lipinski definition) is 1. The van der Waals surface area contributed by atoms with Crippen LogP contribution < -0.4 is 5.32 Å². The predicted octanol–water partition coefficient (Wildman–Crippen LogP) is 2.84. The second-order valence-corrected chi connectivity index (χ2v) is 5.50. The molecular formula is C17H18N4O. The number of carbonyl (C=O) groups excluding carboxylic acids is 1. The normalized spacial score (nSPS) is 12.3. The van der Waals surface area contributed by atoms with Crippen molar-refractivity contribution >= 4 is 11.6 Å². The molecule has 0 saturated heterocycles. The highest BCUT2D eigenvalue weighted by Gasteiger charge is 2.17. The second kappa shape index (κ2) is 5.60. The highest BCUT2D eigenvalue weighted by molar-refractivity contribution is 5.96. The molecule has 0 aliphatic heterocycles. The lowest BCUT2D eigenvalue weighted by molar-refractivity contribution is 0.0937. The Morgan fingerprint density at radius 2 is 2.00 bits per heavy atom. The van der Waals surface area contributed by atoms with Gasteiger partial charge in [0.1, 0.15) is 0 Å². The summed E-state index contributed by atoms with van der Waals surface area (Å²) in [7, 11) is 0.